The maximum Gasteiger partial charge on any atom is 0.134 e. The first-order chi connectivity index (χ1) is 10.2. The monoisotopic (exact) mass is 286 g/mol. The molecule has 2 aromatic rings. The molecule has 0 saturated carbocycles. The Morgan fingerprint density at radius 1 is 1.00 bits per heavy atom. The van der Waals surface area contributed by atoms with Crippen LogP contribution in [0.25, 0.3) is 0 Å². The molecule has 1 heterocycles. The van der Waals surface area contributed by atoms with Gasteiger partial charge in [0.1, 0.15) is 23.7 Å². The van der Waals surface area contributed by atoms with Gasteiger partial charge in [-0.15, -0.1) is 0 Å². The van der Waals surface area contributed by atoms with E-state index in [0.717, 1.165) is 43.1 Å². The number of phenols is 1. The summed E-state index contributed by atoms with van der Waals surface area (Å²) in [5.74, 6) is 2.05. The van der Waals surface area contributed by atoms with Gasteiger partial charge < -0.3 is 15.7 Å². The van der Waals surface area contributed by atoms with E-state index in [1.54, 1.807) is 18.5 Å². The minimum absolute atomic E-state index is 0.296. The zero-order chi connectivity index (χ0) is 15.1. The second kappa shape index (κ2) is 7.47. The van der Waals surface area contributed by atoms with Crippen LogP contribution in [0.1, 0.15) is 24.5 Å². The third-order valence-corrected chi connectivity index (χ3v) is 3.27. The lowest BCUT2D eigenvalue weighted by molar-refractivity contribution is 0.475. The molecule has 0 saturated heterocycles. The second-order valence-corrected chi connectivity index (χ2v) is 4.97. The summed E-state index contributed by atoms with van der Waals surface area (Å²) in [6.07, 6.45) is 3.52. The number of benzene rings is 1. The van der Waals surface area contributed by atoms with Crippen molar-refractivity contribution in [2.45, 2.75) is 26.7 Å². The van der Waals surface area contributed by atoms with Crippen LogP contribution in [0.4, 0.5) is 11.6 Å². The summed E-state index contributed by atoms with van der Waals surface area (Å²) in [4.78, 5) is 8.55. The normalized spacial score (nSPS) is 10.4. The van der Waals surface area contributed by atoms with Crippen LogP contribution in [-0.4, -0.2) is 28.2 Å². The molecule has 2 rings (SSSR count). The van der Waals surface area contributed by atoms with Crippen molar-refractivity contribution in [3.8, 4) is 5.75 Å². The maximum atomic E-state index is 9.26. The lowest BCUT2D eigenvalue weighted by Gasteiger charge is -2.12. The molecule has 0 atom stereocenters. The molecule has 21 heavy (non-hydrogen) atoms. The number of aromatic nitrogens is 2. The number of hydrogen-bond acceptors (Lipinski definition) is 5. The van der Waals surface area contributed by atoms with Gasteiger partial charge in [0.15, 0.2) is 0 Å². The molecule has 1 aromatic carbocycles. The van der Waals surface area contributed by atoms with Crippen molar-refractivity contribution in [1.82, 2.24) is 9.97 Å². The van der Waals surface area contributed by atoms with Crippen molar-refractivity contribution >= 4 is 11.6 Å². The van der Waals surface area contributed by atoms with Gasteiger partial charge in [0.05, 0.1) is 0 Å². The molecule has 0 fully saturated rings. The highest BCUT2D eigenvalue weighted by atomic mass is 16.3. The summed E-state index contributed by atoms with van der Waals surface area (Å²) in [6.45, 7) is 5.84. The van der Waals surface area contributed by atoms with Crippen molar-refractivity contribution in [2.75, 3.05) is 23.7 Å². The van der Waals surface area contributed by atoms with E-state index in [4.69, 9.17) is 0 Å². The Kier molecular flexibility index (Phi) is 5.37. The van der Waals surface area contributed by atoms with Crippen molar-refractivity contribution in [1.29, 1.82) is 0 Å². The Balaban J connectivity index is 1.92. The van der Waals surface area contributed by atoms with Gasteiger partial charge in [-0.2, -0.15) is 0 Å². The molecule has 0 aliphatic heterocycles. The summed E-state index contributed by atoms with van der Waals surface area (Å²) < 4.78 is 0. The minimum atomic E-state index is 0.296. The molecule has 1 aromatic heterocycles. The molecule has 3 N–H and O–H groups in total. The number of aromatic hydroxyl groups is 1. The summed E-state index contributed by atoms with van der Waals surface area (Å²) in [5.41, 5.74) is 2.22. The average molecular weight is 286 g/mol. The van der Waals surface area contributed by atoms with E-state index in [-0.39, 0.29) is 0 Å². The molecule has 0 bridgehead atoms. The Morgan fingerprint density at radius 2 is 1.62 bits per heavy atom. The smallest absolute Gasteiger partial charge is 0.134 e. The largest absolute Gasteiger partial charge is 0.508 e. The van der Waals surface area contributed by atoms with Crippen molar-refractivity contribution < 1.29 is 5.11 Å². The molecule has 112 valence electrons. The number of hydrogen-bond donors (Lipinski definition) is 3. The molecule has 0 aliphatic rings. The molecule has 5 heteroatoms. The number of phenolic OH excluding ortho intramolecular Hbond substituents is 1. The summed E-state index contributed by atoms with van der Waals surface area (Å²) >= 11 is 0. The number of nitrogens with one attached hydrogen (secondary N) is 2. The molecule has 0 amide bonds. The first-order valence-corrected chi connectivity index (χ1v) is 7.28. The quantitative estimate of drug-likeness (QED) is 0.730. The molecule has 0 aliphatic carbocycles. The van der Waals surface area contributed by atoms with E-state index in [1.807, 2.05) is 19.1 Å². The van der Waals surface area contributed by atoms with Crippen LogP contribution < -0.4 is 10.6 Å². The van der Waals surface area contributed by atoms with E-state index in [2.05, 4.69) is 27.5 Å². The van der Waals surface area contributed by atoms with E-state index in [1.165, 1.54) is 5.56 Å². The highest BCUT2D eigenvalue weighted by molar-refractivity contribution is 5.56. The van der Waals surface area contributed by atoms with Gasteiger partial charge in [-0.3, -0.25) is 0 Å². The molecule has 0 unspecified atom stereocenters. The molecular formula is C16H22N4O. The van der Waals surface area contributed by atoms with Crippen LogP contribution in [0.3, 0.4) is 0 Å². The third-order valence-electron chi connectivity index (χ3n) is 3.27. The van der Waals surface area contributed by atoms with E-state index < -0.39 is 0 Å². The Morgan fingerprint density at radius 3 is 2.24 bits per heavy atom. The fourth-order valence-electron chi connectivity index (χ4n) is 2.04. The zero-order valence-corrected chi connectivity index (χ0v) is 12.6. The lowest BCUT2D eigenvalue weighted by Crippen LogP contribution is -2.11. The van der Waals surface area contributed by atoms with Gasteiger partial charge in [0.2, 0.25) is 0 Å². The van der Waals surface area contributed by atoms with Gasteiger partial charge in [0, 0.05) is 18.7 Å². The number of nitrogens with zero attached hydrogens (tertiary/aromatic N) is 2. The first kappa shape index (κ1) is 15.1. The highest BCUT2D eigenvalue weighted by Crippen LogP contribution is 2.18. The van der Waals surface area contributed by atoms with E-state index in [0.29, 0.717) is 5.75 Å². The van der Waals surface area contributed by atoms with E-state index >= 15 is 0 Å². The summed E-state index contributed by atoms with van der Waals surface area (Å²) in [5, 5.41) is 15.9. The zero-order valence-electron chi connectivity index (χ0n) is 12.6. The van der Waals surface area contributed by atoms with E-state index in [9.17, 15) is 5.11 Å². The van der Waals surface area contributed by atoms with Crippen molar-refractivity contribution in [2.24, 2.45) is 0 Å². The van der Waals surface area contributed by atoms with Crippen LogP contribution in [0.15, 0.2) is 30.6 Å². The average Bonchev–Trinajstić information content (AvgIpc) is 2.50. The lowest BCUT2D eigenvalue weighted by atomic mass is 10.1. The molecule has 0 radical (unpaired) electrons. The standard InChI is InChI=1S/C16H22N4O/c1-3-9-17-15-12(2)16(20-11-19-15)18-10-8-13-4-6-14(21)7-5-13/h4-7,11,21H,3,8-10H2,1-2H3,(H2,17,18,19,20). The van der Waals surface area contributed by atoms with Crippen molar-refractivity contribution in [3.05, 3.63) is 41.7 Å². The summed E-state index contributed by atoms with van der Waals surface area (Å²) in [7, 11) is 0. The molecule has 5 nitrogen and oxygen atoms in total. The predicted molar refractivity (Wildman–Crippen MR) is 85.9 cm³/mol. The number of anilines is 2. The second-order valence-electron chi connectivity index (χ2n) is 4.97. The SMILES string of the molecule is CCCNc1ncnc(NCCc2ccc(O)cc2)c1C. The van der Waals surface area contributed by atoms with Gasteiger partial charge in [-0.1, -0.05) is 19.1 Å². The third kappa shape index (κ3) is 4.34. The number of rotatable bonds is 7. The Bertz CT molecular complexity index is 569. The van der Waals surface area contributed by atoms with Crippen LogP contribution in [-0.2, 0) is 6.42 Å². The maximum absolute atomic E-state index is 9.26. The first-order valence-electron chi connectivity index (χ1n) is 7.28. The van der Waals surface area contributed by atoms with Gasteiger partial charge in [-0.05, 0) is 37.5 Å². The fraction of sp³-hybridized carbons (Fsp3) is 0.375. The molecule has 0 spiro atoms. The predicted octanol–water partition coefficient (Wildman–Crippen LogP) is 2.97. The summed E-state index contributed by atoms with van der Waals surface area (Å²) in [6, 6.07) is 7.27. The molecular weight excluding hydrogens is 264 g/mol. The Labute approximate surface area is 125 Å². The van der Waals surface area contributed by atoms with Crippen LogP contribution in [0.2, 0.25) is 0 Å². The van der Waals surface area contributed by atoms with Gasteiger partial charge in [-0.25, -0.2) is 9.97 Å². The Hall–Kier alpha value is -2.30. The fourth-order valence-corrected chi connectivity index (χ4v) is 2.04. The van der Waals surface area contributed by atoms with Gasteiger partial charge in [0.25, 0.3) is 0 Å². The topological polar surface area (TPSA) is 70.1 Å². The highest BCUT2D eigenvalue weighted by Gasteiger charge is 2.05. The van der Waals surface area contributed by atoms with Crippen LogP contribution in [0.5, 0.6) is 5.75 Å². The minimum Gasteiger partial charge on any atom is -0.508 e. The van der Waals surface area contributed by atoms with Gasteiger partial charge >= 0.3 is 0 Å². The van der Waals surface area contributed by atoms with Crippen LogP contribution >= 0.6 is 0 Å². The van der Waals surface area contributed by atoms with Crippen LogP contribution in [0, 0.1) is 6.92 Å². The van der Waals surface area contributed by atoms with Crippen molar-refractivity contribution in [3.63, 3.8) is 0 Å².